The van der Waals surface area contributed by atoms with Crippen LogP contribution in [0.15, 0.2) is 0 Å². The van der Waals surface area contributed by atoms with E-state index in [4.69, 9.17) is 0 Å². The minimum atomic E-state index is -4.27. The van der Waals surface area contributed by atoms with Crippen LogP contribution in [0.5, 0.6) is 0 Å². The molecular weight excluding hydrogens is 233 g/mol. The first-order chi connectivity index (χ1) is 7.56. The maximum absolute atomic E-state index is 12.3. The predicted molar refractivity (Wildman–Crippen MR) is 60.9 cm³/mol. The summed E-state index contributed by atoms with van der Waals surface area (Å²) in [4.78, 5) is 12.8. The number of rotatable bonds is 6. The third-order valence-corrected chi connectivity index (χ3v) is 2.28. The maximum Gasteiger partial charge on any atom is 0.401 e. The molecule has 0 bridgehead atoms. The monoisotopic (exact) mass is 254 g/mol. The fourth-order valence-corrected chi connectivity index (χ4v) is 1.18. The van der Waals surface area contributed by atoms with Crippen LogP contribution < -0.4 is 5.32 Å². The second-order valence-electron chi connectivity index (χ2n) is 5.10. The number of hydrogen-bond acceptors (Lipinski definition) is 3. The smallest absolute Gasteiger partial charge is 0.318 e. The second-order valence-corrected chi connectivity index (χ2v) is 5.10. The van der Waals surface area contributed by atoms with E-state index in [1.165, 1.54) is 0 Å². The molecule has 0 heterocycles. The Morgan fingerprint density at radius 2 is 1.76 bits per heavy atom. The number of carbonyl (C=O) groups excluding carboxylic acids is 1. The summed E-state index contributed by atoms with van der Waals surface area (Å²) in [5.41, 5.74) is -0.608. The molecule has 0 radical (unpaired) electrons. The van der Waals surface area contributed by atoms with Crippen LogP contribution in [0.1, 0.15) is 20.8 Å². The number of hydrogen-bond donors (Lipinski definition) is 1. The van der Waals surface area contributed by atoms with Gasteiger partial charge in [-0.3, -0.25) is 9.69 Å². The van der Waals surface area contributed by atoms with Crippen molar-refractivity contribution in [2.75, 3.05) is 33.2 Å². The van der Waals surface area contributed by atoms with Crippen molar-refractivity contribution in [2.24, 2.45) is 5.41 Å². The molecule has 17 heavy (non-hydrogen) atoms. The third-order valence-electron chi connectivity index (χ3n) is 2.28. The lowest BCUT2D eigenvalue weighted by atomic mass is 9.90. The normalized spacial score (nSPS) is 13.2. The van der Waals surface area contributed by atoms with Gasteiger partial charge in [0.2, 0.25) is 0 Å². The van der Waals surface area contributed by atoms with Gasteiger partial charge in [-0.2, -0.15) is 13.2 Å². The highest BCUT2D eigenvalue weighted by Crippen LogP contribution is 2.19. The average molecular weight is 254 g/mol. The number of alkyl halides is 3. The van der Waals surface area contributed by atoms with Crippen molar-refractivity contribution in [2.45, 2.75) is 26.9 Å². The highest BCUT2D eigenvalue weighted by molar-refractivity contribution is 5.85. The van der Waals surface area contributed by atoms with Crippen LogP contribution in [0.2, 0.25) is 0 Å². The van der Waals surface area contributed by atoms with E-state index < -0.39 is 18.1 Å². The van der Waals surface area contributed by atoms with Crippen molar-refractivity contribution in [1.29, 1.82) is 0 Å². The van der Waals surface area contributed by atoms with Gasteiger partial charge in [0.25, 0.3) is 0 Å². The Labute approximate surface area is 100 Å². The van der Waals surface area contributed by atoms with Crippen LogP contribution in [0.25, 0.3) is 0 Å². The zero-order valence-corrected chi connectivity index (χ0v) is 10.8. The number of Topliss-reactive ketones (excluding diaryl/α,β-unsaturated/α-hetero) is 1. The number of ketones is 1. The molecule has 1 N–H and O–H groups in total. The first-order valence-electron chi connectivity index (χ1n) is 5.53. The minimum Gasteiger partial charge on any atom is -0.318 e. The van der Waals surface area contributed by atoms with Gasteiger partial charge in [0.15, 0.2) is 5.78 Å². The highest BCUT2D eigenvalue weighted by atomic mass is 19.4. The summed E-state index contributed by atoms with van der Waals surface area (Å²) < 4.78 is 36.9. The van der Waals surface area contributed by atoms with Crippen molar-refractivity contribution in [3.05, 3.63) is 0 Å². The van der Waals surface area contributed by atoms with Gasteiger partial charge in [0.05, 0.1) is 13.1 Å². The van der Waals surface area contributed by atoms with E-state index in [0.717, 1.165) is 4.90 Å². The molecule has 3 nitrogen and oxygen atoms in total. The van der Waals surface area contributed by atoms with Crippen molar-refractivity contribution >= 4 is 5.78 Å². The molecule has 0 saturated carbocycles. The van der Waals surface area contributed by atoms with Gasteiger partial charge >= 0.3 is 6.18 Å². The first kappa shape index (κ1) is 16.4. The van der Waals surface area contributed by atoms with Crippen LogP contribution in [0.3, 0.4) is 0 Å². The topological polar surface area (TPSA) is 32.3 Å². The van der Waals surface area contributed by atoms with Gasteiger partial charge in [-0.05, 0) is 7.05 Å². The Morgan fingerprint density at radius 3 is 2.12 bits per heavy atom. The SMILES string of the molecule is CNCCN(CC(=O)C(C)(C)C)CC(F)(F)F. The summed E-state index contributed by atoms with van der Waals surface area (Å²) in [5, 5.41) is 2.78. The minimum absolute atomic E-state index is 0.162. The van der Waals surface area contributed by atoms with E-state index >= 15 is 0 Å². The molecule has 0 aromatic rings. The lowest BCUT2D eigenvalue weighted by Crippen LogP contribution is -2.43. The van der Waals surface area contributed by atoms with E-state index in [9.17, 15) is 18.0 Å². The Balaban J connectivity index is 4.43. The number of nitrogens with zero attached hydrogens (tertiary/aromatic N) is 1. The molecule has 0 aliphatic carbocycles. The molecule has 0 aliphatic rings. The fourth-order valence-electron chi connectivity index (χ4n) is 1.18. The molecule has 0 spiro atoms. The Hall–Kier alpha value is -0.620. The molecule has 0 saturated heterocycles. The summed E-state index contributed by atoms with van der Waals surface area (Å²) in [6.07, 6.45) is -4.27. The molecule has 0 aromatic heterocycles. The Kier molecular flexibility index (Phi) is 6.12. The fraction of sp³-hybridized carbons (Fsp3) is 0.909. The highest BCUT2D eigenvalue weighted by Gasteiger charge is 2.32. The molecule has 6 heteroatoms. The van der Waals surface area contributed by atoms with Gasteiger partial charge in [0.1, 0.15) is 0 Å². The average Bonchev–Trinajstić information content (AvgIpc) is 2.10. The predicted octanol–water partition coefficient (Wildman–Crippen LogP) is 1.69. The lowest BCUT2D eigenvalue weighted by molar-refractivity contribution is -0.150. The van der Waals surface area contributed by atoms with E-state index in [2.05, 4.69) is 5.32 Å². The van der Waals surface area contributed by atoms with Crippen molar-refractivity contribution in [3.8, 4) is 0 Å². The molecule has 0 atom stereocenters. The standard InChI is InChI=1S/C11H21F3N2O/c1-10(2,3)9(17)7-16(6-5-15-4)8-11(12,13)14/h15H,5-8H2,1-4H3. The molecular formula is C11H21F3N2O. The third kappa shape index (κ3) is 8.15. The van der Waals surface area contributed by atoms with Crippen LogP contribution in [0.4, 0.5) is 13.2 Å². The molecule has 0 fully saturated rings. The van der Waals surface area contributed by atoms with Crippen LogP contribution >= 0.6 is 0 Å². The van der Waals surface area contributed by atoms with Gasteiger partial charge in [-0.1, -0.05) is 20.8 Å². The van der Waals surface area contributed by atoms with Gasteiger partial charge in [0, 0.05) is 18.5 Å². The summed E-state index contributed by atoms with van der Waals surface area (Å²) in [7, 11) is 1.66. The Bertz CT molecular complexity index is 246. The zero-order chi connectivity index (χ0) is 13.7. The quantitative estimate of drug-likeness (QED) is 0.783. The summed E-state index contributed by atoms with van der Waals surface area (Å²) in [6.45, 7) is 4.55. The molecule has 0 aromatic carbocycles. The summed E-state index contributed by atoms with van der Waals surface area (Å²) >= 11 is 0. The molecule has 102 valence electrons. The van der Waals surface area contributed by atoms with Crippen molar-refractivity contribution in [3.63, 3.8) is 0 Å². The molecule has 0 rings (SSSR count). The zero-order valence-electron chi connectivity index (χ0n) is 10.8. The van der Waals surface area contributed by atoms with E-state index in [0.29, 0.717) is 6.54 Å². The van der Waals surface area contributed by atoms with E-state index in [-0.39, 0.29) is 18.9 Å². The van der Waals surface area contributed by atoms with E-state index in [1.54, 1.807) is 27.8 Å². The molecule has 0 aliphatic heterocycles. The van der Waals surface area contributed by atoms with Crippen molar-refractivity contribution < 1.29 is 18.0 Å². The molecule has 0 amide bonds. The number of likely N-dealkylation sites (N-methyl/N-ethyl adjacent to an activating group) is 1. The summed E-state index contributed by atoms with van der Waals surface area (Å²) in [5.74, 6) is -0.183. The van der Waals surface area contributed by atoms with Gasteiger partial charge in [-0.25, -0.2) is 0 Å². The van der Waals surface area contributed by atoms with Crippen molar-refractivity contribution in [1.82, 2.24) is 10.2 Å². The summed E-state index contributed by atoms with van der Waals surface area (Å²) in [6, 6.07) is 0. The van der Waals surface area contributed by atoms with Crippen LogP contribution in [0, 0.1) is 5.41 Å². The Morgan fingerprint density at radius 1 is 1.24 bits per heavy atom. The van der Waals surface area contributed by atoms with E-state index in [1.807, 2.05) is 0 Å². The first-order valence-corrected chi connectivity index (χ1v) is 5.53. The maximum atomic E-state index is 12.3. The largest absolute Gasteiger partial charge is 0.401 e. The van der Waals surface area contributed by atoms with Gasteiger partial charge in [-0.15, -0.1) is 0 Å². The number of halogens is 3. The number of carbonyl (C=O) groups is 1. The lowest BCUT2D eigenvalue weighted by Gasteiger charge is -2.26. The second kappa shape index (κ2) is 6.35. The molecule has 0 unspecified atom stereocenters. The number of nitrogens with one attached hydrogen (secondary N) is 1. The van der Waals surface area contributed by atoms with Crippen LogP contribution in [-0.4, -0.2) is 50.1 Å². The van der Waals surface area contributed by atoms with Gasteiger partial charge < -0.3 is 5.32 Å². The van der Waals surface area contributed by atoms with Crippen LogP contribution in [-0.2, 0) is 4.79 Å².